The van der Waals surface area contributed by atoms with Crippen LogP contribution in [0.1, 0.15) is 46.0 Å². The lowest BCUT2D eigenvalue weighted by Gasteiger charge is -2.15. The molecule has 6 nitrogen and oxygen atoms in total. The van der Waals surface area contributed by atoms with Crippen LogP contribution in [0, 0.1) is 25.7 Å². The topological polar surface area (TPSA) is 90.5 Å². The Bertz CT molecular complexity index is 617. The fourth-order valence-corrected chi connectivity index (χ4v) is 3.10. The first kappa shape index (κ1) is 15.3. The highest BCUT2D eigenvalue weighted by atomic mass is 16.4. The highest BCUT2D eigenvalue weighted by molar-refractivity contribution is 6.02. The molecule has 0 aromatic carbocycles. The lowest BCUT2D eigenvalue weighted by Crippen LogP contribution is -2.30. The quantitative estimate of drug-likeness (QED) is 0.828. The minimum atomic E-state index is -0.874. The van der Waals surface area contributed by atoms with Gasteiger partial charge in [-0.3, -0.25) is 14.4 Å². The summed E-state index contributed by atoms with van der Waals surface area (Å²) in [4.78, 5) is 39.8. The number of aromatic amines is 1. The second-order valence-corrected chi connectivity index (χ2v) is 5.81. The molecule has 1 saturated heterocycles. The van der Waals surface area contributed by atoms with Gasteiger partial charge in [0.1, 0.15) is 5.69 Å². The molecule has 21 heavy (non-hydrogen) atoms. The number of hydrogen-bond acceptors (Lipinski definition) is 3. The maximum atomic E-state index is 12.6. The van der Waals surface area contributed by atoms with E-state index in [1.165, 1.54) is 6.92 Å². The van der Waals surface area contributed by atoms with Crippen LogP contribution < -0.4 is 0 Å². The summed E-state index contributed by atoms with van der Waals surface area (Å²) in [7, 11) is 0. The predicted octanol–water partition coefficient (Wildman–Crippen LogP) is 1.63. The first-order valence-electron chi connectivity index (χ1n) is 6.96. The minimum Gasteiger partial charge on any atom is -0.481 e. The number of aromatic nitrogens is 1. The molecule has 1 aromatic heterocycles. The molecule has 1 fully saturated rings. The van der Waals surface area contributed by atoms with Crippen molar-refractivity contribution in [2.75, 3.05) is 13.1 Å². The number of H-pyrrole nitrogens is 1. The Morgan fingerprint density at radius 3 is 2.29 bits per heavy atom. The van der Waals surface area contributed by atoms with Gasteiger partial charge in [-0.2, -0.15) is 0 Å². The number of hydrogen-bond donors (Lipinski definition) is 2. The van der Waals surface area contributed by atoms with Crippen LogP contribution in [-0.4, -0.2) is 45.7 Å². The summed E-state index contributed by atoms with van der Waals surface area (Å²) in [6.07, 6.45) is 0. The van der Waals surface area contributed by atoms with Gasteiger partial charge in [0, 0.05) is 24.3 Å². The van der Waals surface area contributed by atoms with E-state index < -0.39 is 11.9 Å². The van der Waals surface area contributed by atoms with Gasteiger partial charge in [0.15, 0.2) is 5.78 Å². The number of aliphatic carboxylic acids is 1. The molecule has 2 rings (SSSR count). The fourth-order valence-electron chi connectivity index (χ4n) is 3.10. The number of ketones is 1. The van der Waals surface area contributed by atoms with Gasteiger partial charge < -0.3 is 15.0 Å². The van der Waals surface area contributed by atoms with E-state index in [9.17, 15) is 14.4 Å². The lowest BCUT2D eigenvalue weighted by atomic mass is 9.99. The summed E-state index contributed by atoms with van der Waals surface area (Å²) in [5.41, 5.74) is 2.23. The van der Waals surface area contributed by atoms with Gasteiger partial charge in [-0.05, 0) is 32.3 Å². The van der Waals surface area contributed by atoms with Crippen LogP contribution in [0.3, 0.4) is 0 Å². The molecule has 0 aliphatic carbocycles. The average molecular weight is 292 g/mol. The first-order valence-corrected chi connectivity index (χ1v) is 6.96. The molecule has 0 unspecified atom stereocenters. The standard InChI is InChI=1S/C15H20N2O4/c1-7-5-17(6-11(7)15(20)21)14(19)13-8(2)12(10(4)18)9(3)16-13/h7,11,16H,5-6H2,1-4H3,(H,20,21)/t7-,11-/m1/s1. The first-order chi connectivity index (χ1) is 9.73. The molecule has 0 bridgehead atoms. The fraction of sp³-hybridized carbons (Fsp3) is 0.533. The van der Waals surface area contributed by atoms with Crippen molar-refractivity contribution < 1.29 is 19.5 Å². The van der Waals surface area contributed by atoms with E-state index in [2.05, 4.69) is 4.98 Å². The third kappa shape index (κ3) is 2.57. The van der Waals surface area contributed by atoms with E-state index >= 15 is 0 Å². The molecule has 6 heteroatoms. The zero-order valence-electron chi connectivity index (χ0n) is 12.7. The van der Waals surface area contributed by atoms with Crippen molar-refractivity contribution >= 4 is 17.7 Å². The number of nitrogens with zero attached hydrogens (tertiary/aromatic N) is 1. The number of rotatable bonds is 3. The highest BCUT2D eigenvalue weighted by Crippen LogP contribution is 2.26. The predicted molar refractivity (Wildman–Crippen MR) is 76.5 cm³/mol. The summed E-state index contributed by atoms with van der Waals surface area (Å²) in [6, 6.07) is 0. The number of carboxylic acid groups (broad SMARTS) is 1. The molecular formula is C15H20N2O4. The number of nitrogens with one attached hydrogen (secondary N) is 1. The van der Waals surface area contributed by atoms with E-state index in [1.54, 1.807) is 18.7 Å². The molecule has 114 valence electrons. The Morgan fingerprint density at radius 1 is 1.24 bits per heavy atom. The van der Waals surface area contributed by atoms with Gasteiger partial charge in [-0.15, -0.1) is 0 Å². The molecule has 0 radical (unpaired) electrons. The van der Waals surface area contributed by atoms with Gasteiger partial charge in [-0.25, -0.2) is 0 Å². The Balaban J connectivity index is 2.28. The Labute approximate surface area is 123 Å². The molecular weight excluding hydrogens is 272 g/mol. The third-order valence-electron chi connectivity index (χ3n) is 4.22. The zero-order valence-corrected chi connectivity index (χ0v) is 12.7. The summed E-state index contributed by atoms with van der Waals surface area (Å²) in [5, 5.41) is 9.14. The van der Waals surface area contributed by atoms with Gasteiger partial charge in [0.25, 0.3) is 5.91 Å². The molecule has 1 aromatic rings. The largest absolute Gasteiger partial charge is 0.481 e. The van der Waals surface area contributed by atoms with Crippen LogP contribution in [0.4, 0.5) is 0 Å². The molecule has 2 atom stereocenters. The van der Waals surface area contributed by atoms with Gasteiger partial charge in [0.2, 0.25) is 0 Å². The molecule has 0 saturated carbocycles. The van der Waals surface area contributed by atoms with Crippen molar-refractivity contribution in [2.24, 2.45) is 11.8 Å². The van der Waals surface area contributed by atoms with Crippen LogP contribution in [-0.2, 0) is 4.79 Å². The molecule has 1 aliphatic heterocycles. The lowest BCUT2D eigenvalue weighted by molar-refractivity contribution is -0.142. The zero-order chi connectivity index (χ0) is 15.9. The second kappa shape index (κ2) is 5.35. The van der Waals surface area contributed by atoms with Gasteiger partial charge >= 0.3 is 5.97 Å². The molecule has 1 amide bonds. The Kier molecular flexibility index (Phi) is 3.89. The number of carbonyl (C=O) groups is 3. The van der Waals surface area contributed by atoms with Crippen LogP contribution in [0.15, 0.2) is 0 Å². The van der Waals surface area contributed by atoms with E-state index in [-0.39, 0.29) is 24.2 Å². The Morgan fingerprint density at radius 2 is 1.86 bits per heavy atom. The Hall–Kier alpha value is -2.11. The average Bonchev–Trinajstić information content (AvgIpc) is 2.89. The van der Waals surface area contributed by atoms with Crippen molar-refractivity contribution in [2.45, 2.75) is 27.7 Å². The van der Waals surface area contributed by atoms with Crippen molar-refractivity contribution in [3.8, 4) is 0 Å². The number of aryl methyl sites for hydroxylation is 1. The smallest absolute Gasteiger partial charge is 0.308 e. The van der Waals surface area contributed by atoms with E-state index in [1.807, 2.05) is 6.92 Å². The van der Waals surface area contributed by atoms with Gasteiger partial charge in [0.05, 0.1) is 5.92 Å². The number of carbonyl (C=O) groups excluding carboxylic acids is 2. The molecule has 1 aliphatic rings. The maximum Gasteiger partial charge on any atom is 0.308 e. The van der Waals surface area contributed by atoms with E-state index in [0.717, 1.165) is 0 Å². The minimum absolute atomic E-state index is 0.0740. The normalized spacial score (nSPS) is 21.6. The van der Waals surface area contributed by atoms with Crippen LogP contribution in [0.2, 0.25) is 0 Å². The highest BCUT2D eigenvalue weighted by Gasteiger charge is 2.38. The van der Waals surface area contributed by atoms with Crippen molar-refractivity contribution in [3.63, 3.8) is 0 Å². The summed E-state index contributed by atoms with van der Waals surface area (Å²) >= 11 is 0. The van der Waals surface area contributed by atoms with Crippen molar-refractivity contribution in [3.05, 3.63) is 22.5 Å². The van der Waals surface area contributed by atoms with E-state index in [0.29, 0.717) is 29.1 Å². The van der Waals surface area contributed by atoms with Crippen LogP contribution >= 0.6 is 0 Å². The van der Waals surface area contributed by atoms with Crippen molar-refractivity contribution in [1.82, 2.24) is 9.88 Å². The van der Waals surface area contributed by atoms with Crippen LogP contribution in [0.5, 0.6) is 0 Å². The maximum absolute atomic E-state index is 12.6. The second-order valence-electron chi connectivity index (χ2n) is 5.81. The van der Waals surface area contributed by atoms with E-state index in [4.69, 9.17) is 5.11 Å². The number of amides is 1. The molecule has 2 heterocycles. The van der Waals surface area contributed by atoms with Crippen LogP contribution in [0.25, 0.3) is 0 Å². The monoisotopic (exact) mass is 292 g/mol. The van der Waals surface area contributed by atoms with Crippen molar-refractivity contribution in [1.29, 1.82) is 0 Å². The van der Waals surface area contributed by atoms with Gasteiger partial charge in [-0.1, -0.05) is 6.92 Å². The molecule has 2 N–H and O–H groups in total. The number of Topliss-reactive ketones (excluding diaryl/α,β-unsaturated/α-hetero) is 1. The third-order valence-corrected chi connectivity index (χ3v) is 4.22. The number of carboxylic acids is 1. The summed E-state index contributed by atoms with van der Waals surface area (Å²) in [6.45, 7) is 7.43. The summed E-state index contributed by atoms with van der Waals surface area (Å²) < 4.78 is 0. The SMILES string of the molecule is CC(=O)c1c(C)[nH]c(C(=O)N2C[C@@H](C)[C@H](C(=O)O)C2)c1C. The number of likely N-dealkylation sites (tertiary alicyclic amines) is 1. The molecule has 0 spiro atoms. The summed E-state index contributed by atoms with van der Waals surface area (Å²) in [5.74, 6) is -1.80.